The van der Waals surface area contributed by atoms with E-state index >= 15 is 0 Å². The monoisotopic (exact) mass is 218 g/mol. The van der Waals surface area contributed by atoms with Crippen molar-refractivity contribution < 1.29 is 4.74 Å². The van der Waals surface area contributed by atoms with Crippen LogP contribution in [0.1, 0.15) is 32.1 Å². The zero-order valence-corrected chi connectivity index (χ0v) is 8.35. The Kier molecular flexibility index (Phi) is 2.52. The van der Waals surface area contributed by atoms with E-state index in [-0.39, 0.29) is 0 Å². The standard InChI is InChI=1S/C9H15BrO/c10-6-8-5-7-3-1-2-4-9(7)11-8/h7-9H,1-6H2/t7-,8+,9-/m0/s1. The van der Waals surface area contributed by atoms with Gasteiger partial charge < -0.3 is 4.74 Å². The van der Waals surface area contributed by atoms with Crippen molar-refractivity contribution in [3.8, 4) is 0 Å². The zero-order valence-electron chi connectivity index (χ0n) is 6.76. The number of hydrogen-bond acceptors (Lipinski definition) is 1. The number of fused-ring (bicyclic) bond motifs is 1. The summed E-state index contributed by atoms with van der Waals surface area (Å²) in [5.41, 5.74) is 0. The Morgan fingerprint density at radius 3 is 2.82 bits per heavy atom. The fourth-order valence-corrected chi connectivity index (χ4v) is 2.78. The van der Waals surface area contributed by atoms with E-state index in [0.717, 1.165) is 11.2 Å². The molecule has 0 bridgehead atoms. The molecule has 2 fully saturated rings. The molecule has 1 nitrogen and oxygen atoms in total. The minimum absolute atomic E-state index is 0.517. The van der Waals surface area contributed by atoms with E-state index in [1.165, 1.54) is 32.1 Å². The van der Waals surface area contributed by atoms with Gasteiger partial charge in [0, 0.05) is 5.33 Å². The first-order valence-corrected chi connectivity index (χ1v) is 5.73. The average molecular weight is 219 g/mol. The third-order valence-corrected chi connectivity index (χ3v) is 3.67. The lowest BCUT2D eigenvalue weighted by molar-refractivity contribution is 0.0296. The lowest BCUT2D eigenvalue weighted by Crippen LogP contribution is -2.20. The summed E-state index contributed by atoms with van der Waals surface area (Å²) >= 11 is 3.48. The molecule has 0 aromatic heterocycles. The summed E-state index contributed by atoms with van der Waals surface area (Å²) in [5.74, 6) is 0.895. The van der Waals surface area contributed by atoms with Crippen LogP contribution in [0.4, 0.5) is 0 Å². The first kappa shape index (κ1) is 8.06. The van der Waals surface area contributed by atoms with Crippen LogP contribution in [0.3, 0.4) is 0 Å². The predicted molar refractivity (Wildman–Crippen MR) is 49.0 cm³/mol. The van der Waals surface area contributed by atoms with Gasteiger partial charge in [0.05, 0.1) is 12.2 Å². The second-order valence-electron chi connectivity index (χ2n) is 3.73. The molecule has 2 aliphatic rings. The van der Waals surface area contributed by atoms with Crippen LogP contribution in [0.15, 0.2) is 0 Å². The molecule has 3 atom stereocenters. The minimum Gasteiger partial charge on any atom is -0.374 e. The molecule has 64 valence electrons. The molecule has 1 aliphatic heterocycles. The number of alkyl halides is 1. The molecule has 0 radical (unpaired) electrons. The first-order chi connectivity index (χ1) is 5.40. The van der Waals surface area contributed by atoms with Crippen LogP contribution >= 0.6 is 15.9 Å². The normalized spacial score (nSPS) is 43.9. The average Bonchev–Trinajstić information content (AvgIpc) is 2.46. The summed E-state index contributed by atoms with van der Waals surface area (Å²) in [6.45, 7) is 0. The molecule has 0 N–H and O–H groups in total. The molecule has 0 aromatic carbocycles. The summed E-state index contributed by atoms with van der Waals surface area (Å²) < 4.78 is 5.87. The molecule has 1 heterocycles. The molecular formula is C9H15BrO. The van der Waals surface area contributed by atoms with Crippen LogP contribution in [0, 0.1) is 5.92 Å². The van der Waals surface area contributed by atoms with Crippen molar-refractivity contribution in [1.29, 1.82) is 0 Å². The summed E-state index contributed by atoms with van der Waals surface area (Å²) in [6.07, 6.45) is 7.97. The van der Waals surface area contributed by atoms with Crippen molar-refractivity contribution in [3.05, 3.63) is 0 Å². The van der Waals surface area contributed by atoms with E-state index in [1.807, 2.05) is 0 Å². The summed E-state index contributed by atoms with van der Waals surface area (Å²) in [5, 5.41) is 1.03. The van der Waals surface area contributed by atoms with E-state index in [1.54, 1.807) is 0 Å². The highest BCUT2D eigenvalue weighted by atomic mass is 79.9. The van der Waals surface area contributed by atoms with Crippen LogP contribution in [-0.4, -0.2) is 17.5 Å². The van der Waals surface area contributed by atoms with Crippen LogP contribution in [-0.2, 0) is 4.74 Å². The highest BCUT2D eigenvalue weighted by molar-refractivity contribution is 9.09. The maximum Gasteiger partial charge on any atom is 0.0679 e. The van der Waals surface area contributed by atoms with Crippen molar-refractivity contribution in [1.82, 2.24) is 0 Å². The Morgan fingerprint density at radius 1 is 1.27 bits per heavy atom. The van der Waals surface area contributed by atoms with E-state index in [2.05, 4.69) is 15.9 Å². The maximum atomic E-state index is 5.87. The van der Waals surface area contributed by atoms with Crippen molar-refractivity contribution >= 4 is 15.9 Å². The largest absolute Gasteiger partial charge is 0.374 e. The number of halogens is 1. The highest BCUT2D eigenvalue weighted by Gasteiger charge is 2.35. The van der Waals surface area contributed by atoms with Crippen LogP contribution in [0.25, 0.3) is 0 Å². The van der Waals surface area contributed by atoms with E-state index in [0.29, 0.717) is 12.2 Å². The molecule has 2 heteroatoms. The fraction of sp³-hybridized carbons (Fsp3) is 1.00. The van der Waals surface area contributed by atoms with Gasteiger partial charge in [-0.25, -0.2) is 0 Å². The molecule has 11 heavy (non-hydrogen) atoms. The predicted octanol–water partition coefficient (Wildman–Crippen LogP) is 2.73. The summed E-state index contributed by atoms with van der Waals surface area (Å²) in [4.78, 5) is 0. The van der Waals surface area contributed by atoms with Gasteiger partial charge in [0.25, 0.3) is 0 Å². The Labute approximate surface area is 76.6 Å². The molecular weight excluding hydrogens is 204 g/mol. The van der Waals surface area contributed by atoms with Gasteiger partial charge in [0.2, 0.25) is 0 Å². The van der Waals surface area contributed by atoms with Gasteiger partial charge in [-0.2, -0.15) is 0 Å². The molecule has 1 saturated heterocycles. The second-order valence-corrected chi connectivity index (χ2v) is 4.38. The molecule has 0 spiro atoms. The number of rotatable bonds is 1. The van der Waals surface area contributed by atoms with Gasteiger partial charge in [-0.15, -0.1) is 0 Å². The number of hydrogen-bond donors (Lipinski definition) is 0. The van der Waals surface area contributed by atoms with Crippen molar-refractivity contribution in [2.45, 2.75) is 44.3 Å². The topological polar surface area (TPSA) is 9.23 Å². The molecule has 0 aromatic rings. The Bertz CT molecular complexity index is 124. The van der Waals surface area contributed by atoms with Crippen LogP contribution in [0.2, 0.25) is 0 Å². The second kappa shape index (κ2) is 3.44. The van der Waals surface area contributed by atoms with Crippen molar-refractivity contribution in [2.75, 3.05) is 5.33 Å². The maximum absolute atomic E-state index is 5.87. The smallest absolute Gasteiger partial charge is 0.0679 e. The summed E-state index contributed by atoms with van der Waals surface area (Å²) in [7, 11) is 0. The molecule has 0 unspecified atom stereocenters. The zero-order chi connectivity index (χ0) is 7.68. The van der Waals surface area contributed by atoms with Gasteiger partial charge in [-0.1, -0.05) is 28.8 Å². The molecule has 1 saturated carbocycles. The van der Waals surface area contributed by atoms with Crippen LogP contribution < -0.4 is 0 Å². The Balaban J connectivity index is 1.92. The van der Waals surface area contributed by atoms with E-state index in [9.17, 15) is 0 Å². The Hall–Kier alpha value is 0.440. The summed E-state index contributed by atoms with van der Waals surface area (Å²) in [6, 6.07) is 0. The van der Waals surface area contributed by atoms with Gasteiger partial charge in [-0.05, 0) is 25.2 Å². The fourth-order valence-electron chi connectivity index (χ4n) is 2.36. The van der Waals surface area contributed by atoms with E-state index < -0.39 is 0 Å². The SMILES string of the molecule is BrC[C@H]1C[C@@H]2CCCC[C@@H]2O1. The third-order valence-electron chi connectivity index (χ3n) is 2.94. The molecule has 0 amide bonds. The Morgan fingerprint density at radius 2 is 2.09 bits per heavy atom. The highest BCUT2D eigenvalue weighted by Crippen LogP contribution is 2.37. The quantitative estimate of drug-likeness (QED) is 0.616. The first-order valence-electron chi connectivity index (χ1n) is 4.61. The van der Waals surface area contributed by atoms with Gasteiger partial charge >= 0.3 is 0 Å². The molecule has 2 rings (SSSR count). The van der Waals surface area contributed by atoms with Crippen molar-refractivity contribution in [3.63, 3.8) is 0 Å². The third kappa shape index (κ3) is 1.62. The molecule has 1 aliphatic carbocycles. The van der Waals surface area contributed by atoms with Crippen molar-refractivity contribution in [2.24, 2.45) is 5.92 Å². The van der Waals surface area contributed by atoms with Gasteiger partial charge in [0.1, 0.15) is 0 Å². The lowest BCUT2D eigenvalue weighted by Gasteiger charge is -2.23. The lowest BCUT2D eigenvalue weighted by atomic mass is 9.86. The van der Waals surface area contributed by atoms with Gasteiger partial charge in [0.15, 0.2) is 0 Å². The van der Waals surface area contributed by atoms with E-state index in [4.69, 9.17) is 4.74 Å². The van der Waals surface area contributed by atoms with Crippen LogP contribution in [0.5, 0.6) is 0 Å². The minimum atomic E-state index is 0.517. The van der Waals surface area contributed by atoms with Gasteiger partial charge in [-0.3, -0.25) is 0 Å². The number of ether oxygens (including phenoxy) is 1.